The molecule has 7 nitrogen and oxygen atoms in total. The molecule has 0 fully saturated rings. The number of hydrogen-bond donors (Lipinski definition) is 0. The molecular weight excluding hydrogens is 375 g/mol. The molecule has 0 unspecified atom stereocenters. The number of rotatable bonds is 4. The Morgan fingerprint density at radius 1 is 1.23 bits per heavy atom. The van der Waals surface area contributed by atoms with E-state index in [0.29, 0.717) is 18.1 Å². The minimum atomic E-state index is -4.73. The number of halogens is 1. The quantitative estimate of drug-likeness (QED) is 0.717. The summed E-state index contributed by atoms with van der Waals surface area (Å²) < 4.78 is 25.6. The van der Waals surface area contributed by atoms with Crippen molar-refractivity contribution in [2.45, 2.75) is 13.8 Å². The summed E-state index contributed by atoms with van der Waals surface area (Å²) in [5.74, 6) is 0. The van der Waals surface area contributed by atoms with Gasteiger partial charge in [0.25, 0.3) is 0 Å². The van der Waals surface area contributed by atoms with Crippen LogP contribution in [0.25, 0.3) is 0 Å². The number of benzene rings is 1. The van der Waals surface area contributed by atoms with Gasteiger partial charge in [-0.25, -0.2) is 0 Å². The van der Waals surface area contributed by atoms with Crippen molar-refractivity contribution >= 4 is 39.5 Å². The van der Waals surface area contributed by atoms with Gasteiger partial charge in [0.05, 0.1) is 0 Å². The second-order valence-corrected chi connectivity index (χ2v) is 8.69. The molecule has 2 aromatic rings. The SMILES string of the molecule is CCN(CC)C(=O)n1cnc([Se](=O)(=O)c2ccc(Cl)cc2)n1. The normalized spacial score (nSPS) is 11.4. The summed E-state index contributed by atoms with van der Waals surface area (Å²) in [4.78, 5) is 17.4. The van der Waals surface area contributed by atoms with Gasteiger partial charge in [0, 0.05) is 0 Å². The summed E-state index contributed by atoms with van der Waals surface area (Å²) >= 11 is 1.01. The molecule has 1 aromatic heterocycles. The molecule has 0 radical (unpaired) electrons. The van der Waals surface area contributed by atoms with E-state index in [1.165, 1.54) is 29.2 Å². The first-order valence-electron chi connectivity index (χ1n) is 6.61. The van der Waals surface area contributed by atoms with Crippen LogP contribution in [0.4, 0.5) is 4.79 Å². The molecule has 2 rings (SSSR count). The van der Waals surface area contributed by atoms with Crippen molar-refractivity contribution in [1.29, 1.82) is 0 Å². The molecule has 1 amide bonds. The van der Waals surface area contributed by atoms with Crippen molar-refractivity contribution in [3.8, 4) is 0 Å². The van der Waals surface area contributed by atoms with E-state index in [1.54, 1.807) is 0 Å². The first-order valence-corrected chi connectivity index (χ1v) is 10.1. The Labute approximate surface area is 134 Å². The molecule has 0 N–H and O–H groups in total. The second-order valence-electron chi connectivity index (χ2n) is 4.38. The number of hydrogen-bond acceptors (Lipinski definition) is 5. The van der Waals surface area contributed by atoms with Crippen LogP contribution in [0.5, 0.6) is 0 Å². The third-order valence-electron chi connectivity index (χ3n) is 3.07. The van der Waals surface area contributed by atoms with Crippen LogP contribution in [-0.2, 0) is 7.67 Å². The number of nitrogens with zero attached hydrogens (tertiary/aromatic N) is 4. The predicted molar refractivity (Wildman–Crippen MR) is 81.6 cm³/mol. The van der Waals surface area contributed by atoms with Crippen LogP contribution in [-0.4, -0.2) is 51.5 Å². The third kappa shape index (κ3) is 3.19. The van der Waals surface area contributed by atoms with Crippen molar-refractivity contribution in [1.82, 2.24) is 19.7 Å². The molecule has 0 aliphatic heterocycles. The fourth-order valence-electron chi connectivity index (χ4n) is 1.82. The van der Waals surface area contributed by atoms with E-state index < -0.39 is 18.7 Å². The third-order valence-corrected chi connectivity index (χ3v) is 6.59. The monoisotopic (exact) mass is 390 g/mol. The molecule has 0 saturated heterocycles. The van der Waals surface area contributed by atoms with Crippen LogP contribution < -0.4 is 9.18 Å². The number of carbonyl (C=O) groups is 1. The maximum absolute atomic E-state index is 12.5. The Balaban J connectivity index is 2.35. The first-order chi connectivity index (χ1) is 10.4. The van der Waals surface area contributed by atoms with Crippen molar-refractivity contribution in [2.24, 2.45) is 0 Å². The fraction of sp³-hybridized carbons (Fsp3) is 0.308. The number of carbonyl (C=O) groups excluding carboxylic acids is 1. The minimum absolute atomic E-state index is 0.0914. The van der Waals surface area contributed by atoms with Crippen molar-refractivity contribution in [2.75, 3.05) is 13.1 Å². The zero-order valence-electron chi connectivity index (χ0n) is 12.1. The molecule has 9 heteroatoms. The van der Waals surface area contributed by atoms with Crippen LogP contribution in [0.2, 0.25) is 5.02 Å². The van der Waals surface area contributed by atoms with Gasteiger partial charge in [-0.1, -0.05) is 0 Å². The van der Waals surface area contributed by atoms with Gasteiger partial charge in [0.2, 0.25) is 0 Å². The molecule has 0 spiro atoms. The molecule has 0 aliphatic carbocycles. The van der Waals surface area contributed by atoms with Gasteiger partial charge in [-0.15, -0.1) is 0 Å². The second kappa shape index (κ2) is 6.56. The van der Waals surface area contributed by atoms with E-state index in [0.717, 1.165) is 11.0 Å². The summed E-state index contributed by atoms with van der Waals surface area (Å²) in [6.45, 7) is 4.66. The molecule has 22 heavy (non-hydrogen) atoms. The summed E-state index contributed by atoms with van der Waals surface area (Å²) in [7, 11) is 0. The summed E-state index contributed by atoms with van der Waals surface area (Å²) in [6, 6.07) is 5.35. The fourth-order valence-corrected chi connectivity index (χ4v) is 4.23. The van der Waals surface area contributed by atoms with E-state index in [4.69, 9.17) is 11.6 Å². The van der Waals surface area contributed by atoms with Crippen molar-refractivity contribution in [3.63, 3.8) is 0 Å². The van der Waals surface area contributed by atoms with Crippen LogP contribution in [0.3, 0.4) is 0 Å². The molecule has 0 aliphatic rings. The van der Waals surface area contributed by atoms with Crippen LogP contribution in [0.1, 0.15) is 13.8 Å². The standard InChI is InChI=1S/C13H15ClN4O3Se/c1-3-17(4-2)13(19)18-9-15-12(16-18)22(20,21)11-7-5-10(14)6-8-11/h5-9H,3-4H2,1-2H3. The number of amides is 1. The Morgan fingerprint density at radius 2 is 1.82 bits per heavy atom. The zero-order chi connectivity index (χ0) is 16.3. The topological polar surface area (TPSA) is 85.2 Å². The van der Waals surface area contributed by atoms with Gasteiger partial charge in [-0.2, -0.15) is 0 Å². The molecule has 0 atom stereocenters. The Hall–Kier alpha value is -1.76. The molecule has 0 bridgehead atoms. The van der Waals surface area contributed by atoms with E-state index in [9.17, 15) is 12.5 Å². The van der Waals surface area contributed by atoms with Gasteiger partial charge in [-0.3, -0.25) is 0 Å². The van der Waals surface area contributed by atoms with E-state index in [-0.39, 0.29) is 9.18 Å². The molecule has 1 heterocycles. The van der Waals surface area contributed by atoms with Gasteiger partial charge in [-0.05, 0) is 0 Å². The molecule has 118 valence electrons. The van der Waals surface area contributed by atoms with Crippen LogP contribution >= 0.6 is 11.6 Å². The zero-order valence-corrected chi connectivity index (χ0v) is 14.6. The van der Waals surface area contributed by atoms with E-state index in [1.807, 2.05) is 13.8 Å². The van der Waals surface area contributed by atoms with Crippen molar-refractivity contribution in [3.05, 3.63) is 35.6 Å². The van der Waals surface area contributed by atoms with Crippen LogP contribution in [0.15, 0.2) is 30.6 Å². The molecular formula is C13H15ClN4O3Se. The van der Waals surface area contributed by atoms with Crippen molar-refractivity contribution < 1.29 is 12.5 Å². The average molecular weight is 390 g/mol. The van der Waals surface area contributed by atoms with Gasteiger partial charge >= 0.3 is 134 Å². The molecule has 1 aromatic carbocycles. The number of aromatic nitrogens is 3. The van der Waals surface area contributed by atoms with E-state index >= 15 is 0 Å². The Morgan fingerprint density at radius 3 is 2.36 bits per heavy atom. The Bertz CT molecular complexity index is 767. The first kappa shape index (κ1) is 16.6. The van der Waals surface area contributed by atoms with Gasteiger partial charge in [0.15, 0.2) is 0 Å². The predicted octanol–water partition coefficient (Wildman–Crippen LogP) is 0.659. The van der Waals surface area contributed by atoms with Gasteiger partial charge in [0.1, 0.15) is 0 Å². The van der Waals surface area contributed by atoms with Crippen LogP contribution in [0, 0.1) is 0 Å². The summed E-state index contributed by atoms with van der Waals surface area (Å²) in [5, 5.41) is 4.26. The average Bonchev–Trinajstić information content (AvgIpc) is 2.99. The van der Waals surface area contributed by atoms with Gasteiger partial charge < -0.3 is 0 Å². The molecule has 0 saturated carbocycles. The summed E-state index contributed by atoms with van der Waals surface area (Å²) in [5.41, 5.74) is 0. The summed E-state index contributed by atoms with van der Waals surface area (Å²) in [6.07, 6.45) is 1.12. The van der Waals surface area contributed by atoms with E-state index in [2.05, 4.69) is 10.1 Å². The maximum atomic E-state index is 12.5. The Kier molecular flexibility index (Phi) is 4.95.